The molecule has 1 fully saturated rings. The lowest BCUT2D eigenvalue weighted by Crippen LogP contribution is -2.43. The number of nitrogens with zero attached hydrogens (tertiary/aromatic N) is 2. The number of amides is 2. The van der Waals surface area contributed by atoms with Gasteiger partial charge in [0.05, 0.1) is 10.2 Å². The minimum absolute atomic E-state index is 0.00722. The second-order valence-corrected chi connectivity index (χ2v) is 9.68. The molecule has 0 bridgehead atoms. The number of carbonyl (C=O) groups excluding carboxylic acids is 2. The van der Waals surface area contributed by atoms with Gasteiger partial charge in [0.1, 0.15) is 5.60 Å². The minimum Gasteiger partial charge on any atom is -0.444 e. The Balaban J connectivity index is 1.56. The van der Waals surface area contributed by atoms with Gasteiger partial charge in [-0.1, -0.05) is 11.8 Å². The lowest BCUT2D eigenvalue weighted by atomic mass is 9.96. The van der Waals surface area contributed by atoms with Gasteiger partial charge in [0.2, 0.25) is 5.91 Å². The highest BCUT2D eigenvalue weighted by Crippen LogP contribution is 2.30. The van der Waals surface area contributed by atoms with Crippen LogP contribution in [0.5, 0.6) is 0 Å². The van der Waals surface area contributed by atoms with Crippen LogP contribution < -0.4 is 5.32 Å². The maximum atomic E-state index is 12.6. The van der Waals surface area contributed by atoms with Crippen LogP contribution >= 0.6 is 23.1 Å². The zero-order chi connectivity index (χ0) is 19.6. The molecule has 6 nitrogen and oxygen atoms in total. The quantitative estimate of drug-likeness (QED) is 0.753. The predicted octanol–water partition coefficient (Wildman–Crippen LogP) is 4.60. The van der Waals surface area contributed by atoms with Crippen molar-refractivity contribution in [2.45, 2.75) is 43.6 Å². The first-order valence-electron chi connectivity index (χ1n) is 8.98. The summed E-state index contributed by atoms with van der Waals surface area (Å²) in [6.07, 6.45) is 2.99. The summed E-state index contributed by atoms with van der Waals surface area (Å²) in [4.78, 5) is 30.9. The number of ether oxygens (including phenoxy) is 1. The monoisotopic (exact) mass is 407 g/mol. The van der Waals surface area contributed by atoms with Crippen LogP contribution in [-0.4, -0.2) is 46.8 Å². The normalized spacial score (nSPS) is 15.8. The third-order valence-corrected chi connectivity index (χ3v) is 6.33. The van der Waals surface area contributed by atoms with Gasteiger partial charge >= 0.3 is 6.09 Å². The summed E-state index contributed by atoms with van der Waals surface area (Å²) < 4.78 is 7.48. The molecule has 0 aliphatic carbocycles. The SMILES string of the molecule is CSc1nc2ccc(NC(=O)C3CCN(C(=O)OC(C)(C)C)CC3)cc2s1. The summed E-state index contributed by atoms with van der Waals surface area (Å²) in [5.74, 6) is -0.0876. The number of hydrogen-bond acceptors (Lipinski definition) is 6. The predicted molar refractivity (Wildman–Crippen MR) is 111 cm³/mol. The molecular weight excluding hydrogens is 382 g/mol. The minimum atomic E-state index is -0.503. The molecule has 0 unspecified atom stereocenters. The van der Waals surface area contributed by atoms with Crippen molar-refractivity contribution in [3.63, 3.8) is 0 Å². The summed E-state index contributed by atoms with van der Waals surface area (Å²) >= 11 is 3.24. The topological polar surface area (TPSA) is 71.5 Å². The van der Waals surface area contributed by atoms with Crippen molar-refractivity contribution in [3.05, 3.63) is 18.2 Å². The lowest BCUT2D eigenvalue weighted by Gasteiger charge is -2.32. The number of rotatable bonds is 3. The number of hydrogen-bond donors (Lipinski definition) is 1. The molecule has 2 amide bonds. The highest BCUT2D eigenvalue weighted by atomic mass is 32.2. The molecule has 0 radical (unpaired) electrons. The van der Waals surface area contributed by atoms with Crippen molar-refractivity contribution < 1.29 is 14.3 Å². The molecule has 2 heterocycles. The van der Waals surface area contributed by atoms with E-state index in [1.807, 2.05) is 45.2 Å². The van der Waals surface area contributed by atoms with Crippen LogP contribution in [0.25, 0.3) is 10.2 Å². The van der Waals surface area contributed by atoms with Crippen LogP contribution in [0.4, 0.5) is 10.5 Å². The largest absolute Gasteiger partial charge is 0.444 e. The molecule has 1 aromatic carbocycles. The number of piperidine rings is 1. The van der Waals surface area contributed by atoms with Crippen LogP contribution in [0.1, 0.15) is 33.6 Å². The van der Waals surface area contributed by atoms with E-state index in [0.29, 0.717) is 25.9 Å². The van der Waals surface area contributed by atoms with Crippen LogP contribution in [0.2, 0.25) is 0 Å². The first-order valence-corrected chi connectivity index (χ1v) is 11.0. The number of nitrogens with one attached hydrogen (secondary N) is 1. The van der Waals surface area contributed by atoms with Gasteiger partial charge in [0.15, 0.2) is 4.34 Å². The summed E-state index contributed by atoms with van der Waals surface area (Å²) in [6.45, 7) is 6.64. The molecule has 0 spiro atoms. The fraction of sp³-hybridized carbons (Fsp3) is 0.526. The number of thiazole rings is 1. The highest BCUT2D eigenvalue weighted by molar-refractivity contribution is 8.00. The van der Waals surface area contributed by atoms with Crippen LogP contribution in [0.3, 0.4) is 0 Å². The summed E-state index contributed by atoms with van der Waals surface area (Å²) in [6, 6.07) is 5.80. The fourth-order valence-electron chi connectivity index (χ4n) is 2.96. The van der Waals surface area contributed by atoms with Gasteiger partial charge < -0.3 is 15.0 Å². The van der Waals surface area contributed by atoms with Gasteiger partial charge in [0, 0.05) is 24.7 Å². The van der Waals surface area contributed by atoms with Gasteiger partial charge in [-0.2, -0.15) is 0 Å². The Morgan fingerprint density at radius 2 is 2.00 bits per heavy atom. The van der Waals surface area contributed by atoms with Crippen molar-refractivity contribution in [2.75, 3.05) is 24.7 Å². The smallest absolute Gasteiger partial charge is 0.410 e. The summed E-state index contributed by atoms with van der Waals surface area (Å²) in [5.41, 5.74) is 1.24. The van der Waals surface area contributed by atoms with E-state index in [0.717, 1.165) is 20.2 Å². The Morgan fingerprint density at radius 3 is 2.63 bits per heavy atom. The average molecular weight is 408 g/mol. The number of thioether (sulfide) groups is 1. The standard InChI is InChI=1S/C19H25N3O3S2/c1-19(2,3)25-18(24)22-9-7-12(8-10-22)16(23)20-13-5-6-14-15(11-13)27-17(21-14)26-4/h5-6,11-12H,7-10H2,1-4H3,(H,20,23). The van der Waals surface area contributed by atoms with Gasteiger partial charge in [-0.15, -0.1) is 11.3 Å². The van der Waals surface area contributed by atoms with E-state index in [1.54, 1.807) is 28.0 Å². The van der Waals surface area contributed by atoms with E-state index in [2.05, 4.69) is 10.3 Å². The van der Waals surface area contributed by atoms with Crippen molar-refractivity contribution in [2.24, 2.45) is 5.92 Å². The molecule has 0 atom stereocenters. The number of likely N-dealkylation sites (tertiary alicyclic amines) is 1. The number of carbonyl (C=O) groups is 2. The van der Waals surface area contributed by atoms with E-state index in [9.17, 15) is 9.59 Å². The average Bonchev–Trinajstić information content (AvgIpc) is 3.03. The number of aromatic nitrogens is 1. The third kappa shape index (κ3) is 5.13. The maximum Gasteiger partial charge on any atom is 0.410 e. The third-order valence-electron chi connectivity index (χ3n) is 4.33. The van der Waals surface area contributed by atoms with Crippen LogP contribution in [0.15, 0.2) is 22.5 Å². The van der Waals surface area contributed by atoms with E-state index >= 15 is 0 Å². The second kappa shape index (κ2) is 8.06. The second-order valence-electron chi connectivity index (χ2n) is 7.60. The molecule has 1 aliphatic heterocycles. The molecule has 3 rings (SSSR count). The van der Waals surface area contributed by atoms with Gasteiger partial charge in [-0.05, 0) is 58.1 Å². The molecule has 1 saturated heterocycles. The number of fused-ring (bicyclic) bond motifs is 1. The highest BCUT2D eigenvalue weighted by Gasteiger charge is 2.30. The van der Waals surface area contributed by atoms with Crippen molar-refractivity contribution >= 4 is 51.0 Å². The van der Waals surface area contributed by atoms with Gasteiger partial charge in [-0.25, -0.2) is 9.78 Å². The molecule has 1 N–H and O–H groups in total. The van der Waals surface area contributed by atoms with Crippen molar-refractivity contribution in [3.8, 4) is 0 Å². The van der Waals surface area contributed by atoms with E-state index in [1.165, 1.54) is 0 Å². The van der Waals surface area contributed by atoms with E-state index in [-0.39, 0.29) is 17.9 Å². The lowest BCUT2D eigenvalue weighted by molar-refractivity contribution is -0.121. The molecule has 1 aliphatic rings. The molecule has 0 saturated carbocycles. The first kappa shape index (κ1) is 19.9. The van der Waals surface area contributed by atoms with Crippen molar-refractivity contribution in [1.29, 1.82) is 0 Å². The van der Waals surface area contributed by atoms with Gasteiger partial charge in [0.25, 0.3) is 0 Å². The van der Waals surface area contributed by atoms with Crippen LogP contribution in [0, 0.1) is 5.92 Å². The Morgan fingerprint density at radius 1 is 1.30 bits per heavy atom. The molecule has 2 aromatic rings. The van der Waals surface area contributed by atoms with E-state index < -0.39 is 5.60 Å². The molecule has 27 heavy (non-hydrogen) atoms. The summed E-state index contributed by atoms with van der Waals surface area (Å²) in [7, 11) is 0. The molecule has 146 valence electrons. The Bertz CT molecular complexity index is 836. The van der Waals surface area contributed by atoms with Gasteiger partial charge in [-0.3, -0.25) is 4.79 Å². The Hall–Kier alpha value is -1.80. The Labute approximate surface area is 167 Å². The molecule has 8 heteroatoms. The zero-order valence-corrected chi connectivity index (χ0v) is 17.7. The maximum absolute atomic E-state index is 12.6. The van der Waals surface area contributed by atoms with Crippen LogP contribution in [-0.2, 0) is 9.53 Å². The number of benzene rings is 1. The fourth-order valence-corrected chi connectivity index (χ4v) is 4.49. The first-order chi connectivity index (χ1) is 12.7. The molecular formula is C19H25N3O3S2. The van der Waals surface area contributed by atoms with E-state index in [4.69, 9.17) is 4.74 Å². The zero-order valence-electron chi connectivity index (χ0n) is 16.1. The Kier molecular flexibility index (Phi) is 5.95. The summed E-state index contributed by atoms with van der Waals surface area (Å²) in [5, 5.41) is 3.01. The van der Waals surface area contributed by atoms with Crippen molar-refractivity contribution in [1.82, 2.24) is 9.88 Å². The molecule has 1 aromatic heterocycles. The number of anilines is 1.